The van der Waals surface area contributed by atoms with Crippen molar-refractivity contribution in [1.29, 1.82) is 0 Å². The molecule has 0 unspecified atom stereocenters. The Morgan fingerprint density at radius 2 is 2.14 bits per heavy atom. The third-order valence-electron chi connectivity index (χ3n) is 2.87. The average molecular weight is 313 g/mol. The molecule has 0 fully saturated rings. The van der Waals surface area contributed by atoms with E-state index in [0.717, 1.165) is 0 Å². The van der Waals surface area contributed by atoms with E-state index in [1.165, 1.54) is 12.5 Å². The lowest BCUT2D eigenvalue weighted by Gasteiger charge is -2.09. The van der Waals surface area contributed by atoms with Gasteiger partial charge in [-0.05, 0) is 0 Å². The average Bonchev–Trinajstić information content (AvgIpc) is 3.03. The topological polar surface area (TPSA) is 118 Å². The first-order valence-corrected chi connectivity index (χ1v) is 7.96. The van der Waals surface area contributed by atoms with Crippen molar-refractivity contribution in [2.75, 3.05) is 0 Å². The number of aromatic nitrogens is 5. The Morgan fingerprint density at radius 1 is 1.38 bits per heavy atom. The number of nitrogens with one attached hydrogen (secondary N) is 3. The first-order valence-electron chi connectivity index (χ1n) is 6.48. The highest BCUT2D eigenvalue weighted by Crippen LogP contribution is 2.12. The maximum absolute atomic E-state index is 12.3. The molecule has 0 bridgehead atoms. The van der Waals surface area contributed by atoms with Gasteiger partial charge >= 0.3 is 0 Å². The molecule has 9 nitrogen and oxygen atoms in total. The molecule has 0 aliphatic carbocycles. The summed E-state index contributed by atoms with van der Waals surface area (Å²) in [7, 11) is -1.93. The smallest absolute Gasteiger partial charge is 0.258 e. The van der Waals surface area contributed by atoms with E-state index < -0.39 is 10.0 Å². The molecule has 0 spiro atoms. The summed E-state index contributed by atoms with van der Waals surface area (Å²) >= 11 is 0. The molecule has 0 radical (unpaired) electrons. The van der Waals surface area contributed by atoms with E-state index in [-0.39, 0.29) is 17.6 Å². The van der Waals surface area contributed by atoms with Crippen molar-refractivity contribution in [3.8, 4) is 0 Å². The fourth-order valence-corrected chi connectivity index (χ4v) is 2.78. The second-order valence-corrected chi connectivity index (χ2v) is 6.65. The highest BCUT2D eigenvalue weighted by molar-refractivity contribution is 7.89. The molecule has 0 saturated heterocycles. The Bertz CT molecular complexity index is 689. The molecule has 0 saturated carbocycles. The van der Waals surface area contributed by atoms with Crippen LogP contribution in [0.5, 0.6) is 0 Å². The van der Waals surface area contributed by atoms with E-state index in [4.69, 9.17) is 0 Å². The van der Waals surface area contributed by atoms with Crippen LogP contribution in [-0.4, -0.2) is 39.4 Å². The highest BCUT2D eigenvalue weighted by atomic mass is 32.2. The third-order valence-corrected chi connectivity index (χ3v) is 4.29. The largest absolute Gasteiger partial charge is 0.320 e. The van der Waals surface area contributed by atoms with Crippen molar-refractivity contribution < 1.29 is 8.42 Å². The zero-order valence-electron chi connectivity index (χ0n) is 12.2. The zero-order valence-corrected chi connectivity index (χ0v) is 13.0. The summed E-state index contributed by atoms with van der Waals surface area (Å²) in [5.74, 6) is 0.528. The summed E-state index contributed by atoms with van der Waals surface area (Å²) in [6.07, 6.45) is 3.02. The molecule has 3 N–H and O–H groups in total. The van der Waals surface area contributed by atoms with Gasteiger partial charge in [-0.3, -0.25) is 5.10 Å². The molecule has 10 heteroatoms. The molecule has 116 valence electrons. The Hall–Kier alpha value is -1.78. The highest BCUT2D eigenvalue weighted by Gasteiger charge is 2.21. The third kappa shape index (κ3) is 3.86. The van der Waals surface area contributed by atoms with Gasteiger partial charge in [0.25, 0.3) is 10.0 Å². The van der Waals surface area contributed by atoms with Gasteiger partial charge in [-0.1, -0.05) is 13.8 Å². The predicted octanol–water partition coefficient (Wildman–Crippen LogP) is -0.485. The van der Waals surface area contributed by atoms with Crippen LogP contribution in [0.2, 0.25) is 0 Å². The second kappa shape index (κ2) is 6.33. The standard InChI is InChI=1S/C11H19N7O2S/c1-8(2)12-4-9-5-13-17-11(9)21(19,20)15-6-10-16-14-7-18(10)3/h5,7-8,12,15H,4,6H2,1-3H3,(H,13,17). The van der Waals surface area contributed by atoms with Crippen molar-refractivity contribution in [1.82, 2.24) is 35.0 Å². The fraction of sp³-hybridized carbons (Fsp3) is 0.545. The maximum Gasteiger partial charge on any atom is 0.258 e. The summed E-state index contributed by atoms with van der Waals surface area (Å²) in [4.78, 5) is 0. The van der Waals surface area contributed by atoms with Gasteiger partial charge in [0.1, 0.15) is 12.2 Å². The second-order valence-electron chi connectivity index (χ2n) is 4.94. The number of nitrogens with zero attached hydrogens (tertiary/aromatic N) is 4. The molecule has 21 heavy (non-hydrogen) atoms. The molecule has 0 aliphatic rings. The normalized spacial score (nSPS) is 12.2. The summed E-state index contributed by atoms with van der Waals surface area (Å²) in [6, 6.07) is 0.252. The maximum atomic E-state index is 12.3. The number of H-pyrrole nitrogens is 1. The van der Waals surface area contributed by atoms with E-state index in [0.29, 0.717) is 17.9 Å². The van der Waals surface area contributed by atoms with E-state index >= 15 is 0 Å². The predicted molar refractivity (Wildman–Crippen MR) is 75.6 cm³/mol. The molecular formula is C11H19N7O2S. The van der Waals surface area contributed by atoms with Crippen LogP contribution in [0.3, 0.4) is 0 Å². The van der Waals surface area contributed by atoms with E-state index in [1.54, 1.807) is 11.6 Å². The first kappa shape index (κ1) is 15.6. The van der Waals surface area contributed by atoms with Gasteiger partial charge in [0, 0.05) is 25.2 Å². The summed E-state index contributed by atoms with van der Waals surface area (Å²) < 4.78 is 28.7. The molecule has 2 aromatic heterocycles. The number of sulfonamides is 1. The van der Waals surface area contributed by atoms with Gasteiger partial charge in [0.2, 0.25) is 0 Å². The minimum atomic E-state index is -3.68. The van der Waals surface area contributed by atoms with Gasteiger partial charge in [-0.15, -0.1) is 10.2 Å². The number of aryl methyl sites for hydroxylation is 1. The summed E-state index contributed by atoms with van der Waals surface area (Å²) in [6.45, 7) is 4.46. The quantitative estimate of drug-likeness (QED) is 0.635. The SMILES string of the molecule is CC(C)NCc1cn[nH]c1S(=O)(=O)NCc1nncn1C. The van der Waals surface area contributed by atoms with Crippen LogP contribution in [-0.2, 0) is 30.2 Å². The van der Waals surface area contributed by atoms with Crippen LogP contribution < -0.4 is 10.0 Å². The zero-order chi connectivity index (χ0) is 15.5. The van der Waals surface area contributed by atoms with Gasteiger partial charge in [-0.25, -0.2) is 13.1 Å². The summed E-state index contributed by atoms with van der Waals surface area (Å²) in [5.41, 5.74) is 0.592. The van der Waals surface area contributed by atoms with Gasteiger partial charge in [-0.2, -0.15) is 5.10 Å². The molecule has 0 aliphatic heterocycles. The molecule has 2 heterocycles. The molecule has 0 aromatic carbocycles. The monoisotopic (exact) mass is 313 g/mol. The van der Waals surface area contributed by atoms with Crippen LogP contribution in [0.1, 0.15) is 25.2 Å². The van der Waals surface area contributed by atoms with Crippen LogP contribution in [0, 0.1) is 0 Å². The van der Waals surface area contributed by atoms with Crippen LogP contribution >= 0.6 is 0 Å². The Kier molecular flexibility index (Phi) is 4.70. The molecule has 2 aromatic rings. The molecule has 0 atom stereocenters. The van der Waals surface area contributed by atoms with E-state index in [9.17, 15) is 8.42 Å². The van der Waals surface area contributed by atoms with Crippen LogP contribution in [0.4, 0.5) is 0 Å². The van der Waals surface area contributed by atoms with E-state index in [1.807, 2.05) is 13.8 Å². The minimum Gasteiger partial charge on any atom is -0.320 e. The Balaban J connectivity index is 2.09. The molecular weight excluding hydrogens is 294 g/mol. The van der Waals surface area contributed by atoms with Crippen LogP contribution in [0.15, 0.2) is 17.6 Å². The van der Waals surface area contributed by atoms with Crippen molar-refractivity contribution in [3.63, 3.8) is 0 Å². The number of hydrogen-bond donors (Lipinski definition) is 3. The number of hydrogen-bond acceptors (Lipinski definition) is 6. The van der Waals surface area contributed by atoms with Crippen molar-refractivity contribution in [2.24, 2.45) is 7.05 Å². The Labute approximate surface area is 123 Å². The van der Waals surface area contributed by atoms with Crippen molar-refractivity contribution in [3.05, 3.63) is 23.9 Å². The number of rotatable bonds is 7. The fourth-order valence-electron chi connectivity index (χ4n) is 1.67. The Morgan fingerprint density at radius 3 is 2.76 bits per heavy atom. The minimum absolute atomic E-state index is 0.0644. The lowest BCUT2D eigenvalue weighted by atomic mass is 10.3. The van der Waals surface area contributed by atoms with E-state index in [2.05, 4.69) is 30.4 Å². The van der Waals surface area contributed by atoms with Crippen molar-refractivity contribution >= 4 is 10.0 Å². The number of aromatic amines is 1. The lowest BCUT2D eigenvalue weighted by molar-refractivity contribution is 0.562. The van der Waals surface area contributed by atoms with Gasteiger partial charge in [0.05, 0.1) is 12.7 Å². The van der Waals surface area contributed by atoms with Gasteiger partial charge in [0.15, 0.2) is 5.03 Å². The molecule has 2 rings (SSSR count). The summed E-state index contributed by atoms with van der Waals surface area (Å²) in [5, 5.41) is 17.1. The van der Waals surface area contributed by atoms with Crippen LogP contribution in [0.25, 0.3) is 0 Å². The van der Waals surface area contributed by atoms with Gasteiger partial charge < -0.3 is 9.88 Å². The molecule has 0 amide bonds. The lowest BCUT2D eigenvalue weighted by Crippen LogP contribution is -2.28. The van der Waals surface area contributed by atoms with Crippen molar-refractivity contribution in [2.45, 2.75) is 38.0 Å². The first-order chi connectivity index (χ1) is 9.90.